The van der Waals surface area contributed by atoms with Crippen LogP contribution in [0.3, 0.4) is 0 Å². The van der Waals surface area contributed by atoms with Gasteiger partial charge in [-0.3, -0.25) is 0 Å². The second-order valence-corrected chi connectivity index (χ2v) is 6.81. The minimum Gasteiger partial charge on any atom is -0.385 e. The van der Waals surface area contributed by atoms with Gasteiger partial charge in [-0.15, -0.1) is 0 Å². The Hall–Kier alpha value is -0.860. The summed E-state index contributed by atoms with van der Waals surface area (Å²) in [5, 5.41) is 14.4. The smallest absolute Gasteiger partial charge is 0.0948 e. The number of nitrogens with one attached hydrogen (secondary N) is 1. The van der Waals surface area contributed by atoms with Gasteiger partial charge in [-0.05, 0) is 35.9 Å². The number of rotatable bonds is 2. The molecular weight excluding hydrogens is 234 g/mol. The van der Waals surface area contributed by atoms with Crippen LogP contribution in [0.15, 0.2) is 24.3 Å². The molecule has 1 heterocycles. The molecule has 1 fully saturated rings. The normalized spacial score (nSPS) is 28.4. The quantitative estimate of drug-likeness (QED) is 0.857. The van der Waals surface area contributed by atoms with Crippen LogP contribution in [0.2, 0.25) is 0 Å². The minimum atomic E-state index is -0.656. The van der Waals surface area contributed by atoms with Crippen LogP contribution in [0.5, 0.6) is 0 Å². The van der Waals surface area contributed by atoms with Crippen molar-refractivity contribution in [3.8, 4) is 0 Å². The topological polar surface area (TPSA) is 32.3 Å². The fraction of sp³-hybridized carbons (Fsp3) is 0.647. The fourth-order valence-corrected chi connectivity index (χ4v) is 3.05. The summed E-state index contributed by atoms with van der Waals surface area (Å²) in [6.45, 7) is 10.6. The molecule has 1 aliphatic heterocycles. The lowest BCUT2D eigenvalue weighted by molar-refractivity contribution is -0.0478. The van der Waals surface area contributed by atoms with E-state index >= 15 is 0 Å². The molecule has 0 aromatic heterocycles. The van der Waals surface area contributed by atoms with Crippen LogP contribution < -0.4 is 5.32 Å². The second-order valence-electron chi connectivity index (χ2n) is 6.81. The van der Waals surface area contributed by atoms with Crippen LogP contribution in [0, 0.1) is 5.92 Å². The number of aliphatic hydroxyl groups is 1. The van der Waals surface area contributed by atoms with Gasteiger partial charge in [0, 0.05) is 12.5 Å². The van der Waals surface area contributed by atoms with E-state index in [0.29, 0.717) is 5.92 Å². The van der Waals surface area contributed by atoms with Gasteiger partial charge in [0.25, 0.3) is 0 Å². The first-order valence-electron chi connectivity index (χ1n) is 7.42. The van der Waals surface area contributed by atoms with Crippen molar-refractivity contribution in [1.82, 2.24) is 5.32 Å². The van der Waals surface area contributed by atoms with Crippen molar-refractivity contribution >= 4 is 0 Å². The molecule has 2 heteroatoms. The second kappa shape index (κ2) is 5.26. The summed E-state index contributed by atoms with van der Waals surface area (Å²) in [5.41, 5.74) is 1.91. The molecule has 106 valence electrons. The van der Waals surface area contributed by atoms with Crippen LogP contribution in [0.4, 0.5) is 0 Å². The Morgan fingerprint density at radius 3 is 2.42 bits per heavy atom. The highest BCUT2D eigenvalue weighted by atomic mass is 16.3. The van der Waals surface area contributed by atoms with Crippen LogP contribution >= 0.6 is 0 Å². The highest BCUT2D eigenvalue weighted by Crippen LogP contribution is 2.37. The van der Waals surface area contributed by atoms with Gasteiger partial charge in [-0.2, -0.15) is 0 Å². The maximum Gasteiger partial charge on any atom is 0.0948 e. The van der Waals surface area contributed by atoms with Crippen molar-refractivity contribution in [2.45, 2.75) is 51.6 Å². The Balaban J connectivity index is 2.30. The van der Waals surface area contributed by atoms with Gasteiger partial charge in [0.15, 0.2) is 0 Å². The molecule has 2 atom stereocenters. The third-order valence-electron chi connectivity index (χ3n) is 4.49. The Bertz CT molecular complexity index is 418. The molecule has 2 rings (SSSR count). The van der Waals surface area contributed by atoms with Gasteiger partial charge < -0.3 is 10.4 Å². The molecule has 19 heavy (non-hydrogen) atoms. The molecule has 2 nitrogen and oxygen atoms in total. The fourth-order valence-electron chi connectivity index (χ4n) is 3.05. The third kappa shape index (κ3) is 2.85. The number of benzene rings is 1. The lowest BCUT2D eigenvalue weighted by atomic mass is 9.74. The molecule has 2 unspecified atom stereocenters. The van der Waals surface area contributed by atoms with E-state index < -0.39 is 5.60 Å². The molecule has 0 spiro atoms. The van der Waals surface area contributed by atoms with Crippen LogP contribution in [0.1, 0.15) is 51.7 Å². The van der Waals surface area contributed by atoms with Crippen molar-refractivity contribution < 1.29 is 5.11 Å². The van der Waals surface area contributed by atoms with E-state index in [4.69, 9.17) is 0 Å². The first kappa shape index (κ1) is 14.5. The molecular formula is C17H27NO. The van der Waals surface area contributed by atoms with Crippen molar-refractivity contribution in [3.63, 3.8) is 0 Å². The summed E-state index contributed by atoms with van der Waals surface area (Å²) in [7, 11) is 0. The summed E-state index contributed by atoms with van der Waals surface area (Å²) >= 11 is 0. The highest BCUT2D eigenvalue weighted by Gasteiger charge is 2.39. The predicted octanol–water partition coefficient (Wildman–Crippen LogP) is 3.19. The maximum atomic E-state index is 11.1. The van der Waals surface area contributed by atoms with Crippen molar-refractivity contribution in [2.75, 3.05) is 13.1 Å². The van der Waals surface area contributed by atoms with Crippen molar-refractivity contribution in [2.24, 2.45) is 5.92 Å². The Morgan fingerprint density at radius 1 is 1.26 bits per heavy atom. The number of piperidine rings is 1. The Morgan fingerprint density at radius 2 is 1.89 bits per heavy atom. The zero-order valence-corrected chi connectivity index (χ0v) is 12.7. The van der Waals surface area contributed by atoms with Gasteiger partial charge in [-0.25, -0.2) is 0 Å². The van der Waals surface area contributed by atoms with E-state index in [-0.39, 0.29) is 5.41 Å². The standard InChI is InChI=1S/C17H27NO/c1-5-13-12-18-11-10-17(13,19)15-8-6-14(7-9-15)16(2,3)4/h6-9,13,18-19H,5,10-12H2,1-4H3. The SMILES string of the molecule is CCC1CNCCC1(O)c1ccc(C(C)(C)C)cc1. The van der Waals surface area contributed by atoms with Gasteiger partial charge >= 0.3 is 0 Å². The van der Waals surface area contributed by atoms with E-state index in [1.54, 1.807) is 0 Å². The van der Waals surface area contributed by atoms with Crippen LogP contribution in [-0.2, 0) is 11.0 Å². The summed E-state index contributed by atoms with van der Waals surface area (Å²) in [6, 6.07) is 8.58. The average molecular weight is 261 g/mol. The van der Waals surface area contributed by atoms with Crippen molar-refractivity contribution in [1.29, 1.82) is 0 Å². The molecule has 1 aliphatic rings. The predicted molar refractivity (Wildman–Crippen MR) is 80.3 cm³/mol. The Labute approximate surface area is 117 Å². The lowest BCUT2D eigenvalue weighted by Crippen LogP contribution is -2.47. The largest absolute Gasteiger partial charge is 0.385 e. The first-order valence-corrected chi connectivity index (χ1v) is 7.42. The number of hydrogen-bond donors (Lipinski definition) is 2. The first-order chi connectivity index (χ1) is 8.88. The van der Waals surface area contributed by atoms with Gasteiger partial charge in [-0.1, -0.05) is 52.0 Å². The molecule has 0 bridgehead atoms. The zero-order valence-electron chi connectivity index (χ0n) is 12.7. The van der Waals surface area contributed by atoms with E-state index in [1.807, 2.05) is 0 Å². The van der Waals surface area contributed by atoms with E-state index in [9.17, 15) is 5.11 Å². The zero-order chi connectivity index (χ0) is 14.1. The number of hydrogen-bond acceptors (Lipinski definition) is 2. The molecule has 0 amide bonds. The van der Waals surface area contributed by atoms with E-state index in [2.05, 4.69) is 57.3 Å². The minimum absolute atomic E-state index is 0.166. The molecule has 0 aliphatic carbocycles. The third-order valence-corrected chi connectivity index (χ3v) is 4.49. The molecule has 0 saturated carbocycles. The average Bonchev–Trinajstić information content (AvgIpc) is 2.38. The van der Waals surface area contributed by atoms with Crippen molar-refractivity contribution in [3.05, 3.63) is 35.4 Å². The summed E-state index contributed by atoms with van der Waals surface area (Å²) in [5.74, 6) is 0.307. The van der Waals surface area contributed by atoms with Gasteiger partial charge in [0.2, 0.25) is 0 Å². The summed E-state index contributed by atoms with van der Waals surface area (Å²) in [6.07, 6.45) is 1.81. The maximum absolute atomic E-state index is 11.1. The lowest BCUT2D eigenvalue weighted by Gasteiger charge is -2.40. The van der Waals surface area contributed by atoms with Crippen LogP contribution in [0.25, 0.3) is 0 Å². The van der Waals surface area contributed by atoms with E-state index in [0.717, 1.165) is 31.5 Å². The molecule has 1 saturated heterocycles. The Kier molecular flexibility index (Phi) is 4.03. The molecule has 1 aromatic rings. The van der Waals surface area contributed by atoms with Crippen LogP contribution in [-0.4, -0.2) is 18.2 Å². The summed E-state index contributed by atoms with van der Waals surface area (Å²) < 4.78 is 0. The molecule has 2 N–H and O–H groups in total. The monoisotopic (exact) mass is 261 g/mol. The van der Waals surface area contributed by atoms with Gasteiger partial charge in [0.1, 0.15) is 0 Å². The summed E-state index contributed by atoms with van der Waals surface area (Å²) in [4.78, 5) is 0. The molecule has 0 radical (unpaired) electrons. The van der Waals surface area contributed by atoms with E-state index in [1.165, 1.54) is 5.56 Å². The van der Waals surface area contributed by atoms with Gasteiger partial charge in [0.05, 0.1) is 5.60 Å². The molecule has 1 aromatic carbocycles. The highest BCUT2D eigenvalue weighted by molar-refractivity contribution is 5.31.